The predicted molar refractivity (Wildman–Crippen MR) is 90.7 cm³/mol. The number of hydrogen-bond donors (Lipinski definition) is 2. The predicted octanol–water partition coefficient (Wildman–Crippen LogP) is 1.46. The highest BCUT2D eigenvalue weighted by atomic mass is 16.2. The fourth-order valence-electron chi connectivity index (χ4n) is 3.16. The van der Waals surface area contributed by atoms with Gasteiger partial charge < -0.3 is 10.2 Å². The Bertz CT molecular complexity index is 633. The number of anilines is 1. The van der Waals surface area contributed by atoms with Crippen LogP contribution in [0.2, 0.25) is 0 Å². The molecule has 0 bridgehead atoms. The molecule has 6 heteroatoms. The number of carbonyl (C=O) groups excluding carboxylic acids is 3. The zero-order valence-corrected chi connectivity index (χ0v) is 13.9. The lowest BCUT2D eigenvalue weighted by Crippen LogP contribution is -2.52. The van der Waals surface area contributed by atoms with Gasteiger partial charge in [0.15, 0.2) is 0 Å². The molecule has 0 aromatic heterocycles. The molecule has 2 heterocycles. The van der Waals surface area contributed by atoms with E-state index in [0.717, 1.165) is 24.7 Å². The van der Waals surface area contributed by atoms with Crippen molar-refractivity contribution in [2.24, 2.45) is 5.92 Å². The van der Waals surface area contributed by atoms with Gasteiger partial charge in [-0.3, -0.25) is 19.7 Å². The highest BCUT2D eigenvalue weighted by Crippen LogP contribution is 2.23. The first-order valence-electron chi connectivity index (χ1n) is 8.52. The second kappa shape index (κ2) is 7.03. The summed E-state index contributed by atoms with van der Waals surface area (Å²) in [6.07, 6.45) is 2.99. The second-order valence-electron chi connectivity index (χ2n) is 6.69. The summed E-state index contributed by atoms with van der Waals surface area (Å²) in [6.45, 7) is 4.37. The summed E-state index contributed by atoms with van der Waals surface area (Å²) in [5.41, 5.74) is 1.65. The van der Waals surface area contributed by atoms with Crippen LogP contribution in [0.1, 0.15) is 43.0 Å². The Labute approximate surface area is 141 Å². The Morgan fingerprint density at radius 2 is 1.79 bits per heavy atom. The average molecular weight is 329 g/mol. The Balaban J connectivity index is 1.59. The zero-order chi connectivity index (χ0) is 17.1. The minimum Gasteiger partial charge on any atom is -0.372 e. The second-order valence-corrected chi connectivity index (χ2v) is 6.69. The van der Waals surface area contributed by atoms with Crippen LogP contribution < -0.4 is 15.5 Å². The van der Waals surface area contributed by atoms with Gasteiger partial charge in [-0.15, -0.1) is 0 Å². The number of amides is 3. The molecule has 2 fully saturated rings. The van der Waals surface area contributed by atoms with Crippen LogP contribution in [-0.4, -0.2) is 36.9 Å². The lowest BCUT2D eigenvalue weighted by molar-refractivity contribution is -0.134. The van der Waals surface area contributed by atoms with Gasteiger partial charge in [0.1, 0.15) is 6.04 Å². The zero-order valence-electron chi connectivity index (χ0n) is 13.9. The first-order valence-corrected chi connectivity index (χ1v) is 8.52. The molecule has 0 aliphatic carbocycles. The first kappa shape index (κ1) is 16.5. The standard InChI is InChI=1S/C18H23N3O3/c1-12-8-10-21(11-9-12)14-4-2-13(3-5-14)17(23)19-15-6-7-16(22)20-18(15)24/h2-5,12,15H,6-11H2,1H3,(H,19,23)(H,20,22,24). The van der Waals surface area contributed by atoms with Crippen molar-refractivity contribution in [3.63, 3.8) is 0 Å². The van der Waals surface area contributed by atoms with Crippen LogP contribution in [-0.2, 0) is 9.59 Å². The van der Waals surface area contributed by atoms with E-state index >= 15 is 0 Å². The Kier molecular flexibility index (Phi) is 4.83. The van der Waals surface area contributed by atoms with E-state index in [2.05, 4.69) is 22.5 Å². The number of nitrogens with one attached hydrogen (secondary N) is 2. The van der Waals surface area contributed by atoms with Crippen LogP contribution in [0.15, 0.2) is 24.3 Å². The topological polar surface area (TPSA) is 78.5 Å². The molecule has 1 aromatic rings. The smallest absolute Gasteiger partial charge is 0.251 e. The van der Waals surface area contributed by atoms with E-state index in [1.165, 1.54) is 12.8 Å². The molecule has 3 amide bonds. The molecular weight excluding hydrogens is 306 g/mol. The van der Waals surface area contributed by atoms with Crippen molar-refractivity contribution in [1.82, 2.24) is 10.6 Å². The van der Waals surface area contributed by atoms with Gasteiger partial charge in [0.05, 0.1) is 0 Å². The number of nitrogens with zero attached hydrogens (tertiary/aromatic N) is 1. The number of rotatable bonds is 3. The molecule has 0 saturated carbocycles. The van der Waals surface area contributed by atoms with Crippen LogP contribution in [0, 0.1) is 5.92 Å². The third kappa shape index (κ3) is 3.75. The van der Waals surface area contributed by atoms with Gasteiger partial charge in [-0.05, 0) is 49.4 Å². The minimum absolute atomic E-state index is 0.253. The summed E-state index contributed by atoms with van der Waals surface area (Å²) in [5, 5.41) is 4.94. The van der Waals surface area contributed by atoms with Crippen molar-refractivity contribution in [3.8, 4) is 0 Å². The van der Waals surface area contributed by atoms with Crippen molar-refractivity contribution < 1.29 is 14.4 Å². The summed E-state index contributed by atoms with van der Waals surface area (Å²) < 4.78 is 0. The molecule has 24 heavy (non-hydrogen) atoms. The molecule has 2 N–H and O–H groups in total. The largest absolute Gasteiger partial charge is 0.372 e. The van der Waals surface area contributed by atoms with Gasteiger partial charge in [-0.2, -0.15) is 0 Å². The van der Waals surface area contributed by atoms with E-state index in [9.17, 15) is 14.4 Å². The van der Waals surface area contributed by atoms with Crippen LogP contribution in [0.4, 0.5) is 5.69 Å². The fraction of sp³-hybridized carbons (Fsp3) is 0.500. The molecule has 2 aliphatic rings. The Morgan fingerprint density at radius 3 is 2.42 bits per heavy atom. The lowest BCUT2D eigenvalue weighted by atomic mass is 9.98. The third-order valence-electron chi connectivity index (χ3n) is 4.82. The normalized spacial score (nSPS) is 22.2. The summed E-state index contributed by atoms with van der Waals surface area (Å²) in [4.78, 5) is 37.5. The van der Waals surface area contributed by atoms with Gasteiger partial charge in [0.2, 0.25) is 11.8 Å². The molecule has 128 valence electrons. The van der Waals surface area contributed by atoms with Gasteiger partial charge in [-0.25, -0.2) is 0 Å². The van der Waals surface area contributed by atoms with Crippen molar-refractivity contribution >= 4 is 23.4 Å². The molecule has 2 aliphatic heterocycles. The molecule has 3 rings (SSSR count). The van der Waals surface area contributed by atoms with Gasteiger partial charge in [0.25, 0.3) is 5.91 Å². The highest BCUT2D eigenvalue weighted by Gasteiger charge is 2.28. The highest BCUT2D eigenvalue weighted by molar-refractivity contribution is 6.03. The van der Waals surface area contributed by atoms with Gasteiger partial charge in [0, 0.05) is 30.8 Å². The van der Waals surface area contributed by atoms with E-state index < -0.39 is 11.9 Å². The van der Waals surface area contributed by atoms with Gasteiger partial charge in [-0.1, -0.05) is 6.92 Å². The Hall–Kier alpha value is -2.37. The van der Waals surface area contributed by atoms with Crippen LogP contribution in [0.25, 0.3) is 0 Å². The van der Waals surface area contributed by atoms with E-state index in [1.54, 1.807) is 12.1 Å². The van der Waals surface area contributed by atoms with E-state index in [-0.39, 0.29) is 18.2 Å². The number of imide groups is 1. The van der Waals surface area contributed by atoms with Crippen molar-refractivity contribution in [2.75, 3.05) is 18.0 Å². The third-order valence-corrected chi connectivity index (χ3v) is 4.82. The van der Waals surface area contributed by atoms with E-state index in [4.69, 9.17) is 0 Å². The number of benzene rings is 1. The molecule has 2 saturated heterocycles. The average Bonchev–Trinajstić information content (AvgIpc) is 2.58. The number of hydrogen-bond acceptors (Lipinski definition) is 4. The van der Waals surface area contributed by atoms with E-state index in [0.29, 0.717) is 12.0 Å². The first-order chi connectivity index (χ1) is 11.5. The maximum atomic E-state index is 12.3. The Morgan fingerprint density at radius 1 is 1.12 bits per heavy atom. The molecule has 1 unspecified atom stereocenters. The quantitative estimate of drug-likeness (QED) is 0.823. The summed E-state index contributed by atoms with van der Waals surface area (Å²) in [7, 11) is 0. The lowest BCUT2D eigenvalue weighted by Gasteiger charge is -2.32. The minimum atomic E-state index is -0.640. The molecule has 1 atom stereocenters. The van der Waals surface area contributed by atoms with Crippen LogP contribution in [0.5, 0.6) is 0 Å². The molecule has 0 spiro atoms. The molecular formula is C18H23N3O3. The van der Waals surface area contributed by atoms with Gasteiger partial charge >= 0.3 is 0 Å². The maximum absolute atomic E-state index is 12.3. The van der Waals surface area contributed by atoms with Crippen LogP contribution >= 0.6 is 0 Å². The summed E-state index contributed by atoms with van der Waals surface area (Å²) in [6, 6.07) is 6.84. The van der Waals surface area contributed by atoms with Crippen molar-refractivity contribution in [3.05, 3.63) is 29.8 Å². The SMILES string of the molecule is CC1CCN(c2ccc(C(=O)NC3CCC(=O)NC3=O)cc2)CC1. The number of piperidine rings is 2. The molecule has 6 nitrogen and oxygen atoms in total. The fourth-order valence-corrected chi connectivity index (χ4v) is 3.16. The van der Waals surface area contributed by atoms with Crippen molar-refractivity contribution in [2.45, 2.75) is 38.6 Å². The molecule has 0 radical (unpaired) electrons. The van der Waals surface area contributed by atoms with E-state index in [1.807, 2.05) is 12.1 Å². The number of carbonyl (C=O) groups is 3. The maximum Gasteiger partial charge on any atom is 0.251 e. The molecule has 1 aromatic carbocycles. The summed E-state index contributed by atoms with van der Waals surface area (Å²) >= 11 is 0. The van der Waals surface area contributed by atoms with Crippen molar-refractivity contribution in [1.29, 1.82) is 0 Å². The summed E-state index contributed by atoms with van der Waals surface area (Å²) in [5.74, 6) is -0.229. The van der Waals surface area contributed by atoms with Crippen LogP contribution in [0.3, 0.4) is 0 Å². The monoisotopic (exact) mass is 329 g/mol.